The summed E-state index contributed by atoms with van der Waals surface area (Å²) >= 11 is 0. The van der Waals surface area contributed by atoms with E-state index in [4.69, 9.17) is 0 Å². The van der Waals surface area contributed by atoms with E-state index >= 15 is 0 Å². The molecular formula is C27H20O2. The van der Waals surface area contributed by atoms with Crippen molar-refractivity contribution < 1.29 is 10.2 Å². The highest BCUT2D eigenvalue weighted by Crippen LogP contribution is 2.45. The van der Waals surface area contributed by atoms with E-state index in [1.807, 2.05) is 42.5 Å². The second-order valence-electron chi connectivity index (χ2n) is 7.21. The number of aliphatic hydroxyl groups excluding tert-OH is 1. The van der Waals surface area contributed by atoms with Crippen LogP contribution in [0.25, 0.3) is 43.8 Å². The molecule has 0 atom stereocenters. The summed E-state index contributed by atoms with van der Waals surface area (Å²) in [7, 11) is 0. The molecule has 0 radical (unpaired) electrons. The van der Waals surface area contributed by atoms with Gasteiger partial charge in [-0.1, -0.05) is 84.9 Å². The molecule has 5 aromatic carbocycles. The summed E-state index contributed by atoms with van der Waals surface area (Å²) in [5.74, 6) is 0.117. The van der Waals surface area contributed by atoms with Crippen molar-refractivity contribution in [3.05, 3.63) is 103 Å². The zero-order chi connectivity index (χ0) is 19.8. The van der Waals surface area contributed by atoms with Crippen LogP contribution in [0.1, 0.15) is 5.56 Å². The van der Waals surface area contributed by atoms with Gasteiger partial charge >= 0.3 is 0 Å². The quantitative estimate of drug-likeness (QED) is 0.352. The van der Waals surface area contributed by atoms with Gasteiger partial charge in [-0.15, -0.1) is 0 Å². The van der Waals surface area contributed by atoms with Crippen molar-refractivity contribution in [1.29, 1.82) is 0 Å². The van der Waals surface area contributed by atoms with Crippen molar-refractivity contribution in [2.75, 3.05) is 0 Å². The maximum absolute atomic E-state index is 10.6. The first-order chi connectivity index (χ1) is 14.3. The Bertz CT molecular complexity index is 1320. The maximum Gasteiger partial charge on any atom is 0.121 e. The van der Waals surface area contributed by atoms with E-state index in [0.29, 0.717) is 5.56 Å². The Morgan fingerprint density at radius 2 is 0.966 bits per heavy atom. The Morgan fingerprint density at radius 1 is 0.517 bits per heavy atom. The Hall–Kier alpha value is -3.62. The van der Waals surface area contributed by atoms with Crippen LogP contribution in [-0.4, -0.2) is 10.2 Å². The molecule has 0 saturated heterocycles. The van der Waals surface area contributed by atoms with E-state index in [1.165, 1.54) is 0 Å². The van der Waals surface area contributed by atoms with Gasteiger partial charge in [0.05, 0.1) is 6.61 Å². The van der Waals surface area contributed by atoms with Gasteiger partial charge in [0.25, 0.3) is 0 Å². The van der Waals surface area contributed by atoms with E-state index in [9.17, 15) is 10.2 Å². The minimum absolute atomic E-state index is 0.117. The van der Waals surface area contributed by atoms with Crippen molar-refractivity contribution in [3.8, 4) is 28.0 Å². The molecule has 0 spiro atoms. The fourth-order valence-corrected chi connectivity index (χ4v) is 4.21. The van der Waals surface area contributed by atoms with Crippen molar-refractivity contribution in [2.45, 2.75) is 6.61 Å². The average Bonchev–Trinajstić information content (AvgIpc) is 2.78. The average molecular weight is 376 g/mol. The Morgan fingerprint density at radius 3 is 1.45 bits per heavy atom. The van der Waals surface area contributed by atoms with Crippen molar-refractivity contribution in [3.63, 3.8) is 0 Å². The topological polar surface area (TPSA) is 40.5 Å². The first kappa shape index (κ1) is 17.5. The molecule has 0 aliphatic heterocycles. The summed E-state index contributed by atoms with van der Waals surface area (Å²) in [6.07, 6.45) is 0. The summed E-state index contributed by atoms with van der Waals surface area (Å²) in [5.41, 5.74) is 4.96. The summed E-state index contributed by atoms with van der Waals surface area (Å²) < 4.78 is 0. The number of phenols is 1. The van der Waals surface area contributed by atoms with Crippen LogP contribution in [-0.2, 0) is 6.61 Å². The number of hydrogen-bond acceptors (Lipinski definition) is 2. The lowest BCUT2D eigenvalue weighted by Crippen LogP contribution is -1.93. The predicted molar refractivity (Wildman–Crippen MR) is 120 cm³/mol. The highest BCUT2D eigenvalue weighted by Gasteiger charge is 2.18. The van der Waals surface area contributed by atoms with Gasteiger partial charge in [0.2, 0.25) is 0 Å². The molecule has 5 aromatic rings. The Labute approximate surface area is 169 Å². The highest BCUT2D eigenvalue weighted by atomic mass is 16.3. The van der Waals surface area contributed by atoms with Crippen molar-refractivity contribution in [2.24, 2.45) is 0 Å². The number of aromatic hydroxyl groups is 1. The maximum atomic E-state index is 10.6. The van der Waals surface area contributed by atoms with Gasteiger partial charge in [-0.2, -0.15) is 0 Å². The second kappa shape index (κ2) is 7.08. The number of fused-ring (bicyclic) bond motifs is 2. The standard InChI is InChI=1S/C27H20O2/c28-17-20-15-23-24(16-25(20)29)27(19-11-5-2-6-12-19)22-14-8-7-13-21(22)26(23)18-9-3-1-4-10-18/h1-16,28-29H,17H2. The molecule has 2 heteroatoms. The normalized spacial score (nSPS) is 11.2. The summed E-state index contributed by atoms with van der Waals surface area (Å²) in [6.45, 7) is -0.205. The molecule has 0 saturated carbocycles. The monoisotopic (exact) mass is 376 g/mol. The third-order valence-corrected chi connectivity index (χ3v) is 5.52. The van der Waals surface area contributed by atoms with E-state index in [0.717, 1.165) is 43.8 Å². The van der Waals surface area contributed by atoms with E-state index in [2.05, 4.69) is 48.5 Å². The van der Waals surface area contributed by atoms with E-state index in [-0.39, 0.29) is 12.4 Å². The molecule has 140 valence electrons. The number of rotatable bonds is 3. The molecule has 0 unspecified atom stereocenters. The van der Waals surface area contributed by atoms with Crippen LogP contribution in [0.2, 0.25) is 0 Å². The molecule has 29 heavy (non-hydrogen) atoms. The van der Waals surface area contributed by atoms with Gasteiger partial charge in [0, 0.05) is 5.56 Å². The van der Waals surface area contributed by atoms with Gasteiger partial charge in [0.1, 0.15) is 5.75 Å². The fraction of sp³-hybridized carbons (Fsp3) is 0.0370. The zero-order valence-electron chi connectivity index (χ0n) is 15.8. The molecule has 0 heterocycles. The van der Waals surface area contributed by atoms with Crippen LogP contribution in [0, 0.1) is 0 Å². The minimum Gasteiger partial charge on any atom is -0.508 e. The van der Waals surface area contributed by atoms with Gasteiger partial charge in [-0.25, -0.2) is 0 Å². The van der Waals surface area contributed by atoms with Crippen LogP contribution < -0.4 is 0 Å². The fourth-order valence-electron chi connectivity index (χ4n) is 4.21. The molecule has 0 aromatic heterocycles. The minimum atomic E-state index is -0.205. The first-order valence-corrected chi connectivity index (χ1v) is 9.70. The molecule has 0 aliphatic rings. The van der Waals surface area contributed by atoms with Gasteiger partial charge in [-0.05, 0) is 55.9 Å². The molecule has 0 bridgehead atoms. The lowest BCUT2D eigenvalue weighted by Gasteiger charge is -2.19. The zero-order valence-corrected chi connectivity index (χ0v) is 15.8. The Kier molecular flexibility index (Phi) is 4.27. The molecular weight excluding hydrogens is 356 g/mol. The van der Waals surface area contributed by atoms with Gasteiger partial charge in [0.15, 0.2) is 0 Å². The van der Waals surface area contributed by atoms with Gasteiger partial charge < -0.3 is 10.2 Å². The summed E-state index contributed by atoms with van der Waals surface area (Å²) in [5, 5.41) is 24.6. The van der Waals surface area contributed by atoms with Crippen LogP contribution in [0.3, 0.4) is 0 Å². The molecule has 0 aliphatic carbocycles. The van der Waals surface area contributed by atoms with Crippen LogP contribution in [0.4, 0.5) is 0 Å². The highest BCUT2D eigenvalue weighted by molar-refractivity contribution is 6.21. The number of benzene rings is 5. The second-order valence-corrected chi connectivity index (χ2v) is 7.21. The summed E-state index contributed by atoms with van der Waals surface area (Å²) in [4.78, 5) is 0. The largest absolute Gasteiger partial charge is 0.508 e. The van der Waals surface area contributed by atoms with Crippen LogP contribution in [0.15, 0.2) is 97.1 Å². The molecule has 2 nitrogen and oxygen atoms in total. The van der Waals surface area contributed by atoms with Crippen LogP contribution in [0.5, 0.6) is 5.75 Å². The van der Waals surface area contributed by atoms with E-state index < -0.39 is 0 Å². The SMILES string of the molecule is OCc1cc2c(-c3ccccc3)c3ccccc3c(-c3ccccc3)c2cc1O. The molecule has 0 amide bonds. The lowest BCUT2D eigenvalue weighted by atomic mass is 9.85. The van der Waals surface area contributed by atoms with E-state index in [1.54, 1.807) is 6.07 Å². The Balaban J connectivity index is 2.04. The molecule has 5 rings (SSSR count). The number of aliphatic hydroxyl groups is 1. The van der Waals surface area contributed by atoms with Gasteiger partial charge in [-0.3, -0.25) is 0 Å². The third kappa shape index (κ3) is 2.86. The molecule has 2 N–H and O–H groups in total. The van der Waals surface area contributed by atoms with Crippen molar-refractivity contribution >= 4 is 21.5 Å². The molecule has 0 fully saturated rings. The smallest absolute Gasteiger partial charge is 0.121 e. The number of hydrogen-bond donors (Lipinski definition) is 2. The third-order valence-electron chi connectivity index (χ3n) is 5.52. The van der Waals surface area contributed by atoms with Crippen molar-refractivity contribution in [1.82, 2.24) is 0 Å². The lowest BCUT2D eigenvalue weighted by molar-refractivity contribution is 0.276. The summed E-state index contributed by atoms with van der Waals surface area (Å²) in [6, 6.07) is 32.7. The first-order valence-electron chi connectivity index (χ1n) is 9.70. The predicted octanol–water partition coefficient (Wildman–Crippen LogP) is 6.52. The van der Waals surface area contributed by atoms with Crippen LogP contribution >= 0.6 is 0 Å².